The molecule has 1 aromatic heterocycles. The lowest BCUT2D eigenvalue weighted by Gasteiger charge is -2.18. The van der Waals surface area contributed by atoms with Crippen LogP contribution in [0, 0.1) is 0 Å². The van der Waals surface area contributed by atoms with Gasteiger partial charge >= 0.3 is 0 Å². The van der Waals surface area contributed by atoms with E-state index in [1.54, 1.807) is 36.3 Å². The molecule has 1 heterocycles. The molecule has 4 nitrogen and oxygen atoms in total. The van der Waals surface area contributed by atoms with Gasteiger partial charge in [0.1, 0.15) is 5.69 Å². The zero-order valence-corrected chi connectivity index (χ0v) is 12.9. The summed E-state index contributed by atoms with van der Waals surface area (Å²) in [6, 6.07) is 7.46. The number of hydrogen-bond donors (Lipinski definition) is 0. The fraction of sp³-hybridized carbons (Fsp3) is 0.353. The van der Waals surface area contributed by atoms with Crippen LogP contribution >= 0.6 is 0 Å². The standard InChI is InChI=1S/C17H20N2O2/c1-17(2,3)13-7-5-12(6-8-13)15(20)9-16(21)14-10-19(4)11-18-14/h5-8,10-11H,9H2,1-4H3. The van der Waals surface area contributed by atoms with Gasteiger partial charge in [0.25, 0.3) is 0 Å². The van der Waals surface area contributed by atoms with Crippen molar-refractivity contribution in [2.24, 2.45) is 7.05 Å². The number of carbonyl (C=O) groups is 2. The summed E-state index contributed by atoms with van der Waals surface area (Å²) in [6.45, 7) is 6.36. The van der Waals surface area contributed by atoms with Crippen molar-refractivity contribution < 1.29 is 9.59 Å². The molecule has 2 rings (SSSR count). The largest absolute Gasteiger partial charge is 0.340 e. The van der Waals surface area contributed by atoms with E-state index in [4.69, 9.17) is 0 Å². The molecule has 0 unspecified atom stereocenters. The molecule has 0 saturated carbocycles. The van der Waals surface area contributed by atoms with Gasteiger partial charge in [0.2, 0.25) is 0 Å². The Labute approximate surface area is 124 Å². The predicted molar refractivity (Wildman–Crippen MR) is 81.6 cm³/mol. The second kappa shape index (κ2) is 5.64. The van der Waals surface area contributed by atoms with Crippen molar-refractivity contribution >= 4 is 11.6 Å². The van der Waals surface area contributed by atoms with Gasteiger partial charge in [-0.1, -0.05) is 45.0 Å². The molecule has 0 amide bonds. The van der Waals surface area contributed by atoms with Gasteiger partial charge in [0, 0.05) is 18.8 Å². The van der Waals surface area contributed by atoms with Gasteiger partial charge in [-0.15, -0.1) is 0 Å². The number of nitrogens with zero attached hydrogens (tertiary/aromatic N) is 2. The molecule has 2 aromatic rings. The maximum Gasteiger partial charge on any atom is 0.190 e. The summed E-state index contributed by atoms with van der Waals surface area (Å²) in [5.41, 5.74) is 2.10. The average Bonchev–Trinajstić information content (AvgIpc) is 2.84. The van der Waals surface area contributed by atoms with Gasteiger partial charge in [-0.05, 0) is 11.0 Å². The molecule has 0 atom stereocenters. The Kier molecular flexibility index (Phi) is 4.07. The molecular weight excluding hydrogens is 264 g/mol. The molecule has 21 heavy (non-hydrogen) atoms. The first kappa shape index (κ1) is 15.2. The number of aromatic nitrogens is 2. The Morgan fingerprint density at radius 2 is 1.71 bits per heavy atom. The SMILES string of the molecule is Cn1cnc(C(=O)CC(=O)c2ccc(C(C)(C)C)cc2)c1. The second-order valence-corrected chi connectivity index (χ2v) is 6.27. The molecule has 0 radical (unpaired) electrons. The number of ketones is 2. The van der Waals surface area contributed by atoms with Gasteiger partial charge < -0.3 is 4.57 Å². The molecule has 0 aliphatic heterocycles. The number of carbonyl (C=O) groups excluding carboxylic acids is 2. The number of hydrogen-bond acceptors (Lipinski definition) is 3. The Balaban J connectivity index is 2.08. The predicted octanol–water partition coefficient (Wildman–Crippen LogP) is 3.17. The number of imidazole rings is 1. The van der Waals surface area contributed by atoms with Gasteiger partial charge in [-0.25, -0.2) is 4.98 Å². The van der Waals surface area contributed by atoms with Crippen LogP contribution in [0.4, 0.5) is 0 Å². The van der Waals surface area contributed by atoms with E-state index in [0.717, 1.165) is 5.56 Å². The van der Waals surface area contributed by atoms with Gasteiger partial charge in [-0.3, -0.25) is 9.59 Å². The number of Topliss-reactive ketones (excluding diaryl/α,β-unsaturated/α-hetero) is 2. The summed E-state index contributed by atoms with van der Waals surface area (Å²) >= 11 is 0. The first-order valence-electron chi connectivity index (χ1n) is 6.92. The number of rotatable bonds is 4. The zero-order valence-electron chi connectivity index (χ0n) is 12.9. The van der Waals surface area contributed by atoms with Gasteiger partial charge in [0.05, 0.1) is 12.7 Å². The van der Waals surface area contributed by atoms with Crippen LogP contribution in [0.2, 0.25) is 0 Å². The van der Waals surface area contributed by atoms with Crippen molar-refractivity contribution in [1.82, 2.24) is 9.55 Å². The van der Waals surface area contributed by atoms with E-state index < -0.39 is 0 Å². The molecule has 0 spiro atoms. The highest BCUT2D eigenvalue weighted by Crippen LogP contribution is 2.22. The molecule has 4 heteroatoms. The third kappa shape index (κ3) is 3.66. The third-order valence-corrected chi connectivity index (χ3v) is 3.38. The van der Waals surface area contributed by atoms with Crippen molar-refractivity contribution in [3.8, 4) is 0 Å². The number of aryl methyl sites for hydroxylation is 1. The first-order chi connectivity index (χ1) is 9.77. The van der Waals surface area contributed by atoms with Crippen LogP contribution in [-0.4, -0.2) is 21.1 Å². The van der Waals surface area contributed by atoms with Crippen LogP contribution in [0.1, 0.15) is 53.6 Å². The van der Waals surface area contributed by atoms with Crippen LogP contribution in [-0.2, 0) is 12.5 Å². The Morgan fingerprint density at radius 1 is 1.10 bits per heavy atom. The summed E-state index contributed by atoms with van der Waals surface area (Å²) in [7, 11) is 1.79. The highest BCUT2D eigenvalue weighted by atomic mass is 16.1. The van der Waals surface area contributed by atoms with E-state index >= 15 is 0 Å². The minimum Gasteiger partial charge on any atom is -0.340 e. The molecule has 0 bridgehead atoms. The molecular formula is C17H20N2O2. The van der Waals surface area contributed by atoms with Crippen LogP contribution in [0.15, 0.2) is 36.8 Å². The van der Waals surface area contributed by atoms with Crippen molar-refractivity contribution in [2.45, 2.75) is 32.6 Å². The third-order valence-electron chi connectivity index (χ3n) is 3.38. The Morgan fingerprint density at radius 3 is 2.19 bits per heavy atom. The zero-order chi connectivity index (χ0) is 15.6. The molecule has 1 aromatic carbocycles. The lowest BCUT2D eigenvalue weighted by molar-refractivity contribution is 0.0891. The summed E-state index contributed by atoms with van der Waals surface area (Å²) < 4.78 is 1.69. The van der Waals surface area contributed by atoms with Crippen LogP contribution in [0.25, 0.3) is 0 Å². The lowest BCUT2D eigenvalue weighted by atomic mass is 9.86. The van der Waals surface area contributed by atoms with Crippen molar-refractivity contribution in [2.75, 3.05) is 0 Å². The molecule has 0 aliphatic carbocycles. The van der Waals surface area contributed by atoms with Crippen molar-refractivity contribution in [1.29, 1.82) is 0 Å². The van der Waals surface area contributed by atoms with Crippen molar-refractivity contribution in [3.63, 3.8) is 0 Å². The highest BCUT2D eigenvalue weighted by molar-refractivity contribution is 6.12. The van der Waals surface area contributed by atoms with E-state index in [0.29, 0.717) is 11.3 Å². The van der Waals surface area contributed by atoms with E-state index in [2.05, 4.69) is 25.8 Å². The second-order valence-electron chi connectivity index (χ2n) is 6.27. The summed E-state index contributed by atoms with van der Waals surface area (Å²) in [6.07, 6.45) is 3.03. The fourth-order valence-corrected chi connectivity index (χ4v) is 2.05. The molecule has 110 valence electrons. The summed E-state index contributed by atoms with van der Waals surface area (Å²) in [5.74, 6) is -0.424. The van der Waals surface area contributed by atoms with E-state index in [9.17, 15) is 9.59 Å². The molecule has 0 fully saturated rings. The minimum absolute atomic E-state index is 0.0470. The monoisotopic (exact) mass is 284 g/mol. The smallest absolute Gasteiger partial charge is 0.190 e. The molecule has 0 N–H and O–H groups in total. The fourth-order valence-electron chi connectivity index (χ4n) is 2.05. The van der Waals surface area contributed by atoms with Crippen LogP contribution in [0.5, 0.6) is 0 Å². The maximum absolute atomic E-state index is 12.1. The quantitative estimate of drug-likeness (QED) is 0.640. The lowest BCUT2D eigenvalue weighted by Crippen LogP contribution is -2.12. The van der Waals surface area contributed by atoms with Crippen molar-refractivity contribution in [3.05, 3.63) is 53.6 Å². The molecule has 0 aliphatic rings. The molecule has 0 saturated heterocycles. The summed E-state index contributed by atoms with van der Waals surface area (Å²) in [5, 5.41) is 0. The summed E-state index contributed by atoms with van der Waals surface area (Å²) in [4.78, 5) is 28.1. The van der Waals surface area contributed by atoms with Gasteiger partial charge in [0.15, 0.2) is 11.6 Å². The first-order valence-corrected chi connectivity index (χ1v) is 6.92. The van der Waals surface area contributed by atoms with E-state index in [1.807, 2.05) is 12.1 Å². The van der Waals surface area contributed by atoms with Crippen LogP contribution < -0.4 is 0 Å². The van der Waals surface area contributed by atoms with E-state index in [-0.39, 0.29) is 23.4 Å². The minimum atomic E-state index is -0.250. The maximum atomic E-state index is 12.1. The van der Waals surface area contributed by atoms with E-state index in [1.165, 1.54) is 0 Å². The number of benzene rings is 1. The topological polar surface area (TPSA) is 52.0 Å². The Bertz CT molecular complexity index is 661. The normalized spacial score (nSPS) is 11.4. The van der Waals surface area contributed by atoms with Gasteiger partial charge in [-0.2, -0.15) is 0 Å². The highest BCUT2D eigenvalue weighted by Gasteiger charge is 2.17. The Hall–Kier alpha value is -2.23. The average molecular weight is 284 g/mol. The van der Waals surface area contributed by atoms with Crippen LogP contribution in [0.3, 0.4) is 0 Å².